The van der Waals surface area contributed by atoms with Gasteiger partial charge in [-0.2, -0.15) is 0 Å². The van der Waals surface area contributed by atoms with E-state index in [0.717, 1.165) is 12.8 Å². The van der Waals surface area contributed by atoms with Gasteiger partial charge in [0.05, 0.1) is 13.0 Å². The van der Waals surface area contributed by atoms with Gasteiger partial charge in [0, 0.05) is 11.4 Å². The van der Waals surface area contributed by atoms with Gasteiger partial charge in [-0.1, -0.05) is 0 Å². The molecule has 1 fully saturated rings. The first-order valence-electron chi connectivity index (χ1n) is 4.99. The summed E-state index contributed by atoms with van der Waals surface area (Å²) in [7, 11) is 3.35. The summed E-state index contributed by atoms with van der Waals surface area (Å²) in [4.78, 5) is 11.4. The van der Waals surface area contributed by atoms with Gasteiger partial charge in [0.1, 0.15) is 0 Å². The molecule has 1 N–H and O–H groups in total. The average molecular weight is 220 g/mol. The summed E-state index contributed by atoms with van der Waals surface area (Å²) in [6, 6.07) is 0.339. The van der Waals surface area contributed by atoms with Crippen LogP contribution in [-0.4, -0.2) is 31.5 Å². The molecule has 1 rings (SSSR count). The molecule has 0 radical (unpaired) electrons. The number of hydrogen-bond donors (Lipinski definition) is 1. The number of rotatable bonds is 3. The third-order valence-electron chi connectivity index (χ3n) is 3.11. The van der Waals surface area contributed by atoms with Crippen LogP contribution in [0.4, 0.5) is 0 Å². The number of hydrogen-bond acceptors (Lipinski definition) is 3. The molecule has 1 saturated carbocycles. The first kappa shape index (κ1) is 11.8. The number of ether oxygens (including phenoxy) is 1. The van der Waals surface area contributed by atoms with Gasteiger partial charge in [0.15, 0.2) is 0 Å². The molecule has 0 aromatic rings. The van der Waals surface area contributed by atoms with Crippen molar-refractivity contribution in [2.24, 2.45) is 11.8 Å². The van der Waals surface area contributed by atoms with E-state index in [0.29, 0.717) is 12.0 Å². The van der Waals surface area contributed by atoms with Crippen molar-refractivity contribution in [1.82, 2.24) is 5.32 Å². The van der Waals surface area contributed by atoms with Gasteiger partial charge in [0.25, 0.3) is 0 Å². The van der Waals surface area contributed by atoms with E-state index in [1.165, 1.54) is 7.11 Å². The van der Waals surface area contributed by atoms with Crippen molar-refractivity contribution < 1.29 is 9.53 Å². The van der Waals surface area contributed by atoms with E-state index in [1.807, 2.05) is 14.0 Å². The average Bonchev–Trinajstić information content (AvgIpc) is 2.60. The quantitative estimate of drug-likeness (QED) is 0.576. The highest BCUT2D eigenvalue weighted by molar-refractivity contribution is 6.20. The molecule has 0 saturated heterocycles. The molecule has 3 nitrogen and oxygen atoms in total. The third-order valence-corrected chi connectivity index (χ3v) is 3.43. The maximum absolute atomic E-state index is 11.4. The Morgan fingerprint density at radius 3 is 2.57 bits per heavy atom. The summed E-state index contributed by atoms with van der Waals surface area (Å²) in [6.45, 7) is 1.98. The van der Waals surface area contributed by atoms with E-state index in [9.17, 15) is 4.79 Å². The first-order chi connectivity index (χ1) is 6.60. The maximum Gasteiger partial charge on any atom is 0.308 e. The summed E-state index contributed by atoms with van der Waals surface area (Å²) < 4.78 is 4.75. The Labute approximate surface area is 90.1 Å². The SMILES string of the molecule is CNC1CC(C(=O)OC)C[C@@H]1[C@@H](C)Cl. The second-order valence-corrected chi connectivity index (χ2v) is 4.62. The van der Waals surface area contributed by atoms with Gasteiger partial charge in [-0.15, -0.1) is 11.6 Å². The number of methoxy groups -OCH3 is 1. The molecule has 4 heteroatoms. The third kappa shape index (κ3) is 2.39. The van der Waals surface area contributed by atoms with Crippen LogP contribution in [0.1, 0.15) is 19.8 Å². The minimum Gasteiger partial charge on any atom is -0.469 e. The zero-order valence-corrected chi connectivity index (χ0v) is 9.67. The number of halogens is 1. The van der Waals surface area contributed by atoms with Gasteiger partial charge in [-0.25, -0.2) is 0 Å². The van der Waals surface area contributed by atoms with Gasteiger partial charge < -0.3 is 10.1 Å². The second kappa shape index (κ2) is 4.99. The fraction of sp³-hybridized carbons (Fsp3) is 0.900. The van der Waals surface area contributed by atoms with E-state index in [4.69, 9.17) is 16.3 Å². The van der Waals surface area contributed by atoms with Gasteiger partial charge >= 0.3 is 5.97 Å². The van der Waals surface area contributed by atoms with Crippen LogP contribution in [-0.2, 0) is 9.53 Å². The summed E-state index contributed by atoms with van der Waals surface area (Å²) in [5.74, 6) is 0.277. The Kier molecular flexibility index (Phi) is 4.20. The fourth-order valence-corrected chi connectivity index (χ4v) is 2.55. The number of nitrogens with one attached hydrogen (secondary N) is 1. The molecule has 0 bridgehead atoms. The lowest BCUT2D eigenvalue weighted by atomic mass is 10.00. The van der Waals surface area contributed by atoms with Crippen LogP contribution in [0.15, 0.2) is 0 Å². The standard InChI is InChI=1S/C10H18ClNO2/c1-6(11)8-4-7(10(13)14-3)5-9(8)12-2/h6-9,12H,4-5H2,1-3H3/t6-,7?,8-,9?/m1/s1. The molecule has 0 heterocycles. The van der Waals surface area contributed by atoms with E-state index in [2.05, 4.69) is 5.32 Å². The highest BCUT2D eigenvalue weighted by Gasteiger charge is 2.39. The number of carbonyl (C=O) groups excluding carboxylic acids is 1. The molecular formula is C10H18ClNO2. The molecule has 0 aliphatic heterocycles. The van der Waals surface area contributed by atoms with E-state index >= 15 is 0 Å². The van der Waals surface area contributed by atoms with Crippen LogP contribution in [0, 0.1) is 11.8 Å². The van der Waals surface area contributed by atoms with Crippen molar-refractivity contribution in [3.63, 3.8) is 0 Å². The van der Waals surface area contributed by atoms with Crippen LogP contribution < -0.4 is 5.32 Å². The van der Waals surface area contributed by atoms with Crippen molar-refractivity contribution in [1.29, 1.82) is 0 Å². The molecule has 14 heavy (non-hydrogen) atoms. The number of alkyl halides is 1. The largest absolute Gasteiger partial charge is 0.469 e. The lowest BCUT2D eigenvalue weighted by Gasteiger charge is -2.20. The summed E-state index contributed by atoms with van der Waals surface area (Å²) >= 11 is 6.08. The van der Waals surface area contributed by atoms with E-state index in [1.54, 1.807) is 0 Å². The molecule has 1 aliphatic carbocycles. The summed E-state index contributed by atoms with van der Waals surface area (Å²) in [6.07, 6.45) is 1.67. The van der Waals surface area contributed by atoms with Gasteiger partial charge in [0.2, 0.25) is 0 Å². The Morgan fingerprint density at radius 1 is 1.57 bits per heavy atom. The molecular weight excluding hydrogens is 202 g/mol. The molecule has 0 spiro atoms. The smallest absolute Gasteiger partial charge is 0.308 e. The van der Waals surface area contributed by atoms with Gasteiger partial charge in [-0.05, 0) is 32.7 Å². The van der Waals surface area contributed by atoms with E-state index < -0.39 is 0 Å². The molecule has 2 unspecified atom stereocenters. The zero-order valence-electron chi connectivity index (χ0n) is 8.92. The molecule has 0 aromatic carbocycles. The van der Waals surface area contributed by atoms with Crippen LogP contribution in [0.5, 0.6) is 0 Å². The molecule has 0 amide bonds. The summed E-state index contributed by atoms with van der Waals surface area (Å²) in [5.41, 5.74) is 0. The van der Waals surface area contributed by atoms with Crippen molar-refractivity contribution in [3.8, 4) is 0 Å². The van der Waals surface area contributed by atoms with Gasteiger partial charge in [-0.3, -0.25) is 4.79 Å². The monoisotopic (exact) mass is 219 g/mol. The predicted octanol–water partition coefficient (Wildman–Crippen LogP) is 1.40. The maximum atomic E-state index is 11.4. The fourth-order valence-electron chi connectivity index (χ4n) is 2.27. The highest BCUT2D eigenvalue weighted by atomic mass is 35.5. The Hall–Kier alpha value is -0.280. The van der Waals surface area contributed by atoms with Crippen molar-refractivity contribution in [2.75, 3.05) is 14.2 Å². The molecule has 82 valence electrons. The van der Waals surface area contributed by atoms with Crippen molar-refractivity contribution in [3.05, 3.63) is 0 Å². The lowest BCUT2D eigenvalue weighted by molar-refractivity contribution is -0.145. The van der Waals surface area contributed by atoms with E-state index in [-0.39, 0.29) is 17.3 Å². The topological polar surface area (TPSA) is 38.3 Å². The van der Waals surface area contributed by atoms with Crippen LogP contribution in [0.3, 0.4) is 0 Å². The van der Waals surface area contributed by atoms with Crippen LogP contribution in [0.2, 0.25) is 0 Å². The normalized spacial score (nSPS) is 34.1. The first-order valence-corrected chi connectivity index (χ1v) is 5.43. The minimum atomic E-state index is -0.106. The second-order valence-electron chi connectivity index (χ2n) is 3.93. The van der Waals surface area contributed by atoms with Crippen molar-refractivity contribution >= 4 is 17.6 Å². The highest BCUT2D eigenvalue weighted by Crippen LogP contribution is 2.35. The van der Waals surface area contributed by atoms with Crippen LogP contribution >= 0.6 is 11.6 Å². The number of esters is 1. The molecule has 4 atom stereocenters. The predicted molar refractivity (Wildman–Crippen MR) is 56.4 cm³/mol. The van der Waals surface area contributed by atoms with Crippen molar-refractivity contribution in [2.45, 2.75) is 31.2 Å². The minimum absolute atomic E-state index is 0.0173. The van der Waals surface area contributed by atoms with Crippen LogP contribution in [0.25, 0.3) is 0 Å². The zero-order chi connectivity index (χ0) is 10.7. The summed E-state index contributed by atoms with van der Waals surface area (Å²) in [5, 5.41) is 3.31. The Morgan fingerprint density at radius 2 is 2.21 bits per heavy atom. The Balaban J connectivity index is 2.60. The lowest BCUT2D eigenvalue weighted by Crippen LogP contribution is -2.32. The molecule has 1 aliphatic rings. The Bertz CT molecular complexity index is 208. The molecule has 0 aromatic heterocycles. The number of carbonyl (C=O) groups is 1.